The fourth-order valence-corrected chi connectivity index (χ4v) is 2.85. The molecule has 0 aromatic carbocycles. The van der Waals surface area contributed by atoms with Crippen LogP contribution in [0.1, 0.15) is 17.6 Å². The summed E-state index contributed by atoms with van der Waals surface area (Å²) in [7, 11) is 0. The SMILES string of the molecule is CCNc1cc(NCCc2nc(C)cs2)nc(SC)n1. The van der Waals surface area contributed by atoms with Crippen LogP contribution >= 0.6 is 23.1 Å². The summed E-state index contributed by atoms with van der Waals surface area (Å²) in [6.07, 6.45) is 2.89. The van der Waals surface area contributed by atoms with Crippen LogP contribution in [0.5, 0.6) is 0 Å². The van der Waals surface area contributed by atoms with E-state index in [4.69, 9.17) is 0 Å². The van der Waals surface area contributed by atoms with Crippen LogP contribution in [0.25, 0.3) is 0 Å². The Kier molecular flexibility index (Phi) is 5.60. The molecule has 2 aromatic rings. The third-order valence-corrected chi connectivity index (χ3v) is 4.13. The second kappa shape index (κ2) is 7.44. The predicted molar refractivity (Wildman–Crippen MR) is 87.0 cm³/mol. The van der Waals surface area contributed by atoms with Gasteiger partial charge in [0.25, 0.3) is 0 Å². The number of nitrogens with zero attached hydrogens (tertiary/aromatic N) is 3. The highest BCUT2D eigenvalue weighted by molar-refractivity contribution is 7.98. The molecule has 2 heterocycles. The van der Waals surface area contributed by atoms with E-state index < -0.39 is 0 Å². The number of thiazole rings is 1. The Hall–Kier alpha value is -1.34. The molecule has 0 atom stereocenters. The first-order valence-corrected chi connectivity index (χ1v) is 8.63. The molecule has 20 heavy (non-hydrogen) atoms. The van der Waals surface area contributed by atoms with Gasteiger partial charge in [0.05, 0.1) is 5.01 Å². The molecule has 0 unspecified atom stereocenters. The molecule has 0 aliphatic carbocycles. The monoisotopic (exact) mass is 309 g/mol. The summed E-state index contributed by atoms with van der Waals surface area (Å²) in [5.41, 5.74) is 1.09. The van der Waals surface area contributed by atoms with Crippen molar-refractivity contribution in [2.45, 2.75) is 25.4 Å². The molecule has 0 bridgehead atoms. The van der Waals surface area contributed by atoms with Gasteiger partial charge in [0.2, 0.25) is 0 Å². The van der Waals surface area contributed by atoms with Crippen molar-refractivity contribution in [3.63, 3.8) is 0 Å². The average Bonchev–Trinajstić information content (AvgIpc) is 2.84. The number of hydrogen-bond donors (Lipinski definition) is 2. The number of aromatic nitrogens is 3. The van der Waals surface area contributed by atoms with Gasteiger partial charge < -0.3 is 10.6 Å². The topological polar surface area (TPSA) is 62.7 Å². The minimum Gasteiger partial charge on any atom is -0.370 e. The van der Waals surface area contributed by atoms with Crippen molar-refractivity contribution in [1.82, 2.24) is 15.0 Å². The van der Waals surface area contributed by atoms with E-state index in [1.807, 2.05) is 19.2 Å². The molecular formula is C13H19N5S2. The lowest BCUT2D eigenvalue weighted by Crippen LogP contribution is -2.09. The Labute approximate surface area is 127 Å². The van der Waals surface area contributed by atoms with E-state index in [-0.39, 0.29) is 0 Å². The van der Waals surface area contributed by atoms with Gasteiger partial charge in [-0.05, 0) is 20.1 Å². The zero-order chi connectivity index (χ0) is 14.4. The van der Waals surface area contributed by atoms with E-state index in [0.717, 1.165) is 47.0 Å². The van der Waals surface area contributed by atoms with Gasteiger partial charge in [-0.25, -0.2) is 15.0 Å². The molecule has 0 aliphatic heterocycles. The first-order chi connectivity index (χ1) is 9.71. The van der Waals surface area contributed by atoms with Gasteiger partial charge >= 0.3 is 0 Å². The maximum atomic E-state index is 4.45. The molecule has 108 valence electrons. The predicted octanol–water partition coefficient (Wildman–Crippen LogP) is 3.05. The number of anilines is 2. The van der Waals surface area contributed by atoms with E-state index in [2.05, 4.69) is 37.9 Å². The lowest BCUT2D eigenvalue weighted by Gasteiger charge is -2.09. The first kappa shape index (κ1) is 15.1. The van der Waals surface area contributed by atoms with Crippen LogP contribution in [0.15, 0.2) is 16.6 Å². The molecular weight excluding hydrogens is 290 g/mol. The zero-order valence-electron chi connectivity index (χ0n) is 11.9. The summed E-state index contributed by atoms with van der Waals surface area (Å²) in [6, 6.07) is 1.94. The van der Waals surface area contributed by atoms with Crippen molar-refractivity contribution in [3.8, 4) is 0 Å². The van der Waals surface area contributed by atoms with Crippen LogP contribution in [0, 0.1) is 6.92 Å². The van der Waals surface area contributed by atoms with Gasteiger partial charge in [-0.3, -0.25) is 0 Å². The summed E-state index contributed by atoms with van der Waals surface area (Å²) in [5, 5.41) is 10.6. The zero-order valence-corrected chi connectivity index (χ0v) is 13.6. The van der Waals surface area contributed by atoms with Crippen LogP contribution < -0.4 is 10.6 Å². The highest BCUT2D eigenvalue weighted by Gasteiger charge is 2.04. The van der Waals surface area contributed by atoms with Gasteiger partial charge in [0.1, 0.15) is 11.6 Å². The molecule has 0 radical (unpaired) electrons. The fraction of sp³-hybridized carbons (Fsp3) is 0.462. The highest BCUT2D eigenvalue weighted by atomic mass is 32.2. The molecule has 2 aromatic heterocycles. The van der Waals surface area contributed by atoms with Crippen molar-refractivity contribution in [2.24, 2.45) is 0 Å². The third kappa shape index (κ3) is 4.35. The summed E-state index contributed by atoms with van der Waals surface area (Å²) >= 11 is 3.25. The van der Waals surface area contributed by atoms with Crippen LogP contribution in [0.2, 0.25) is 0 Å². The van der Waals surface area contributed by atoms with Crippen LogP contribution in [-0.4, -0.2) is 34.3 Å². The molecule has 0 saturated carbocycles. The minimum atomic E-state index is 0.774. The van der Waals surface area contributed by atoms with Crippen LogP contribution in [0.4, 0.5) is 11.6 Å². The molecule has 0 amide bonds. The van der Waals surface area contributed by atoms with Crippen molar-refractivity contribution in [2.75, 3.05) is 30.0 Å². The van der Waals surface area contributed by atoms with E-state index >= 15 is 0 Å². The van der Waals surface area contributed by atoms with Crippen molar-refractivity contribution >= 4 is 34.7 Å². The standard InChI is InChI=1S/C13H19N5S2/c1-4-14-10-7-11(18-13(17-10)19-3)15-6-5-12-16-9(2)8-20-12/h7-8H,4-6H2,1-3H3,(H2,14,15,17,18). The van der Waals surface area contributed by atoms with Gasteiger partial charge in [-0.2, -0.15) is 0 Å². The van der Waals surface area contributed by atoms with Crippen molar-refractivity contribution < 1.29 is 0 Å². The third-order valence-electron chi connectivity index (χ3n) is 2.56. The van der Waals surface area contributed by atoms with E-state index in [1.54, 1.807) is 23.1 Å². The molecule has 2 rings (SSSR count). The molecule has 0 aliphatic rings. The summed E-state index contributed by atoms with van der Waals surface area (Å²) < 4.78 is 0. The molecule has 0 fully saturated rings. The van der Waals surface area contributed by atoms with Gasteiger partial charge in [-0.15, -0.1) is 11.3 Å². The summed E-state index contributed by atoms with van der Waals surface area (Å²) in [5.74, 6) is 1.72. The number of rotatable bonds is 7. The number of hydrogen-bond acceptors (Lipinski definition) is 7. The smallest absolute Gasteiger partial charge is 0.191 e. The van der Waals surface area contributed by atoms with E-state index in [0.29, 0.717) is 0 Å². The molecule has 0 spiro atoms. The molecule has 2 N–H and O–H groups in total. The largest absolute Gasteiger partial charge is 0.370 e. The molecule has 7 heteroatoms. The Morgan fingerprint density at radius 2 is 1.95 bits per heavy atom. The number of thioether (sulfide) groups is 1. The van der Waals surface area contributed by atoms with Crippen molar-refractivity contribution in [3.05, 3.63) is 22.1 Å². The first-order valence-electron chi connectivity index (χ1n) is 6.53. The minimum absolute atomic E-state index is 0.774. The van der Waals surface area contributed by atoms with Crippen molar-refractivity contribution in [1.29, 1.82) is 0 Å². The van der Waals surface area contributed by atoms with E-state index in [1.165, 1.54) is 0 Å². The van der Waals surface area contributed by atoms with Gasteiger partial charge in [0, 0.05) is 36.7 Å². The second-order valence-electron chi connectivity index (χ2n) is 4.21. The van der Waals surface area contributed by atoms with Gasteiger partial charge in [-0.1, -0.05) is 11.8 Å². The Balaban J connectivity index is 1.95. The fourth-order valence-electron chi connectivity index (χ4n) is 1.69. The lowest BCUT2D eigenvalue weighted by molar-refractivity contribution is 0.930. The highest BCUT2D eigenvalue weighted by Crippen LogP contribution is 2.17. The second-order valence-corrected chi connectivity index (χ2v) is 5.93. The van der Waals surface area contributed by atoms with E-state index in [9.17, 15) is 0 Å². The Bertz CT molecular complexity index is 555. The molecule has 5 nitrogen and oxygen atoms in total. The Morgan fingerprint density at radius 1 is 1.20 bits per heavy atom. The summed E-state index contributed by atoms with van der Waals surface area (Å²) in [4.78, 5) is 13.3. The quantitative estimate of drug-likeness (QED) is 0.605. The van der Waals surface area contributed by atoms with Crippen LogP contribution in [0.3, 0.4) is 0 Å². The maximum absolute atomic E-state index is 4.45. The number of nitrogens with one attached hydrogen (secondary N) is 2. The molecule has 0 saturated heterocycles. The normalized spacial score (nSPS) is 10.6. The number of aryl methyl sites for hydroxylation is 1. The average molecular weight is 309 g/mol. The lowest BCUT2D eigenvalue weighted by atomic mass is 10.4. The summed E-state index contributed by atoms with van der Waals surface area (Å²) in [6.45, 7) is 5.75. The van der Waals surface area contributed by atoms with Gasteiger partial charge in [0.15, 0.2) is 5.16 Å². The van der Waals surface area contributed by atoms with Crippen LogP contribution in [-0.2, 0) is 6.42 Å². The Morgan fingerprint density at radius 3 is 2.55 bits per heavy atom. The maximum Gasteiger partial charge on any atom is 0.191 e.